The summed E-state index contributed by atoms with van der Waals surface area (Å²) in [5, 5.41) is 3.08. The van der Waals surface area contributed by atoms with Crippen LogP contribution in [0.25, 0.3) is 0 Å². The summed E-state index contributed by atoms with van der Waals surface area (Å²) in [6.07, 6.45) is 1.32. The Kier molecular flexibility index (Phi) is 3.82. The van der Waals surface area contributed by atoms with Crippen molar-refractivity contribution in [2.24, 2.45) is 5.73 Å². The fourth-order valence-corrected chi connectivity index (χ4v) is 1.80. The van der Waals surface area contributed by atoms with Gasteiger partial charge in [-0.2, -0.15) is 0 Å². The van der Waals surface area contributed by atoms with E-state index in [0.29, 0.717) is 5.82 Å². The SMILES string of the molecule is COc1c(Nc2ccccc2C(C)N)nc[nH]c1=O. The van der Waals surface area contributed by atoms with Crippen molar-refractivity contribution in [2.75, 3.05) is 12.4 Å². The van der Waals surface area contributed by atoms with Crippen LogP contribution in [0.15, 0.2) is 35.4 Å². The van der Waals surface area contributed by atoms with E-state index < -0.39 is 0 Å². The number of hydrogen-bond acceptors (Lipinski definition) is 5. The fourth-order valence-electron chi connectivity index (χ4n) is 1.80. The summed E-state index contributed by atoms with van der Waals surface area (Å²) in [4.78, 5) is 18.1. The van der Waals surface area contributed by atoms with Crippen LogP contribution >= 0.6 is 0 Å². The summed E-state index contributed by atoms with van der Waals surface area (Å²) in [6.45, 7) is 1.89. The highest BCUT2D eigenvalue weighted by molar-refractivity contribution is 5.65. The quantitative estimate of drug-likeness (QED) is 0.775. The van der Waals surface area contributed by atoms with E-state index in [1.807, 2.05) is 31.2 Å². The highest BCUT2D eigenvalue weighted by Crippen LogP contribution is 2.26. The van der Waals surface area contributed by atoms with E-state index in [4.69, 9.17) is 10.5 Å². The molecule has 1 atom stereocenters. The number of aromatic amines is 1. The second-order valence-electron chi connectivity index (χ2n) is 4.11. The van der Waals surface area contributed by atoms with Crippen molar-refractivity contribution < 1.29 is 4.74 Å². The topological polar surface area (TPSA) is 93.0 Å². The Labute approximate surface area is 110 Å². The molecule has 100 valence electrons. The molecule has 0 saturated heterocycles. The number of nitrogens with one attached hydrogen (secondary N) is 2. The Bertz CT molecular complexity index is 622. The van der Waals surface area contributed by atoms with E-state index in [-0.39, 0.29) is 17.4 Å². The van der Waals surface area contributed by atoms with E-state index >= 15 is 0 Å². The first kappa shape index (κ1) is 13.1. The molecule has 0 aliphatic heterocycles. The van der Waals surface area contributed by atoms with Gasteiger partial charge in [0.15, 0.2) is 5.82 Å². The van der Waals surface area contributed by atoms with Gasteiger partial charge in [-0.15, -0.1) is 0 Å². The van der Waals surface area contributed by atoms with Gasteiger partial charge in [0.2, 0.25) is 5.75 Å². The zero-order valence-electron chi connectivity index (χ0n) is 10.8. The normalized spacial score (nSPS) is 11.9. The Hall–Kier alpha value is -2.34. The van der Waals surface area contributed by atoms with Crippen molar-refractivity contribution in [3.05, 3.63) is 46.5 Å². The number of methoxy groups -OCH3 is 1. The molecule has 6 heteroatoms. The van der Waals surface area contributed by atoms with Crippen LogP contribution in [-0.2, 0) is 0 Å². The number of nitrogens with zero attached hydrogens (tertiary/aromatic N) is 1. The predicted molar refractivity (Wildman–Crippen MR) is 73.7 cm³/mol. The first-order valence-electron chi connectivity index (χ1n) is 5.86. The lowest BCUT2D eigenvalue weighted by Gasteiger charge is -2.14. The molecule has 0 saturated carbocycles. The molecule has 19 heavy (non-hydrogen) atoms. The summed E-state index contributed by atoms with van der Waals surface area (Å²) < 4.78 is 5.05. The summed E-state index contributed by atoms with van der Waals surface area (Å²) in [7, 11) is 1.43. The van der Waals surface area contributed by atoms with E-state index in [1.54, 1.807) is 0 Å². The molecule has 1 unspecified atom stereocenters. The molecule has 0 spiro atoms. The number of anilines is 2. The zero-order valence-corrected chi connectivity index (χ0v) is 10.8. The summed E-state index contributed by atoms with van der Waals surface area (Å²) in [6, 6.07) is 7.46. The lowest BCUT2D eigenvalue weighted by atomic mass is 10.1. The Morgan fingerprint density at radius 3 is 2.84 bits per heavy atom. The van der Waals surface area contributed by atoms with Crippen molar-refractivity contribution in [2.45, 2.75) is 13.0 Å². The van der Waals surface area contributed by atoms with E-state index in [9.17, 15) is 4.79 Å². The van der Waals surface area contributed by atoms with Crippen molar-refractivity contribution >= 4 is 11.5 Å². The third-order valence-corrected chi connectivity index (χ3v) is 2.72. The summed E-state index contributed by atoms with van der Waals surface area (Å²) in [5.41, 5.74) is 7.31. The monoisotopic (exact) mass is 260 g/mol. The average molecular weight is 260 g/mol. The minimum Gasteiger partial charge on any atom is -0.489 e. The molecule has 2 rings (SSSR count). The molecule has 0 amide bonds. The number of H-pyrrole nitrogens is 1. The number of aromatic nitrogens is 2. The molecule has 1 aromatic carbocycles. The molecule has 2 aromatic rings. The minimum atomic E-state index is -0.335. The van der Waals surface area contributed by atoms with Crippen LogP contribution < -0.4 is 21.3 Å². The van der Waals surface area contributed by atoms with Crippen LogP contribution in [0.1, 0.15) is 18.5 Å². The maximum atomic E-state index is 11.6. The van der Waals surface area contributed by atoms with Crippen LogP contribution in [0, 0.1) is 0 Å². The lowest BCUT2D eigenvalue weighted by Crippen LogP contribution is -2.14. The Morgan fingerprint density at radius 2 is 2.16 bits per heavy atom. The third-order valence-electron chi connectivity index (χ3n) is 2.72. The average Bonchev–Trinajstić information content (AvgIpc) is 2.39. The van der Waals surface area contributed by atoms with Gasteiger partial charge in [0.25, 0.3) is 5.56 Å². The Balaban J connectivity index is 2.42. The molecule has 0 aliphatic carbocycles. The first-order chi connectivity index (χ1) is 9.13. The number of rotatable bonds is 4. The predicted octanol–water partition coefficient (Wildman–Crippen LogP) is 1.54. The maximum absolute atomic E-state index is 11.6. The van der Waals surface area contributed by atoms with Gasteiger partial charge >= 0.3 is 0 Å². The van der Waals surface area contributed by atoms with Crippen LogP contribution in [0.4, 0.5) is 11.5 Å². The molecule has 1 heterocycles. The highest BCUT2D eigenvalue weighted by atomic mass is 16.5. The molecule has 6 nitrogen and oxygen atoms in total. The van der Waals surface area contributed by atoms with Crippen molar-refractivity contribution in [1.29, 1.82) is 0 Å². The number of benzene rings is 1. The molecule has 0 fully saturated rings. The van der Waals surface area contributed by atoms with E-state index in [2.05, 4.69) is 15.3 Å². The van der Waals surface area contributed by atoms with Crippen molar-refractivity contribution in [3.63, 3.8) is 0 Å². The highest BCUT2D eigenvalue weighted by Gasteiger charge is 2.12. The zero-order chi connectivity index (χ0) is 13.8. The van der Waals surface area contributed by atoms with E-state index in [0.717, 1.165) is 11.3 Å². The Morgan fingerprint density at radius 1 is 1.42 bits per heavy atom. The second kappa shape index (κ2) is 5.53. The van der Waals surface area contributed by atoms with Crippen LogP contribution in [0.5, 0.6) is 5.75 Å². The number of ether oxygens (including phenoxy) is 1. The summed E-state index contributed by atoms with van der Waals surface area (Å²) >= 11 is 0. The standard InChI is InChI=1S/C13H16N4O2/c1-8(14)9-5-3-4-6-10(9)17-12-11(19-2)13(18)16-7-15-12/h3-8H,14H2,1-2H3,(H2,15,16,17,18). The van der Waals surface area contributed by atoms with Gasteiger partial charge in [-0.05, 0) is 18.6 Å². The second-order valence-corrected chi connectivity index (χ2v) is 4.11. The molecule has 1 aromatic heterocycles. The molecular formula is C13H16N4O2. The van der Waals surface area contributed by atoms with Crippen molar-refractivity contribution in [1.82, 2.24) is 9.97 Å². The molecule has 0 radical (unpaired) electrons. The van der Waals surface area contributed by atoms with Crippen LogP contribution in [0.3, 0.4) is 0 Å². The molecule has 4 N–H and O–H groups in total. The smallest absolute Gasteiger partial charge is 0.295 e. The lowest BCUT2D eigenvalue weighted by molar-refractivity contribution is 0.408. The molecule has 0 bridgehead atoms. The van der Waals surface area contributed by atoms with Gasteiger partial charge in [-0.3, -0.25) is 4.79 Å². The van der Waals surface area contributed by atoms with Gasteiger partial charge < -0.3 is 20.8 Å². The van der Waals surface area contributed by atoms with Crippen LogP contribution in [0.2, 0.25) is 0 Å². The summed E-state index contributed by atoms with van der Waals surface area (Å²) in [5.74, 6) is 0.501. The third kappa shape index (κ3) is 2.74. The fraction of sp³-hybridized carbons (Fsp3) is 0.231. The molecular weight excluding hydrogens is 244 g/mol. The van der Waals surface area contributed by atoms with Crippen molar-refractivity contribution in [3.8, 4) is 5.75 Å². The van der Waals surface area contributed by atoms with Gasteiger partial charge in [0.05, 0.1) is 13.4 Å². The number of nitrogens with two attached hydrogens (primary N) is 1. The maximum Gasteiger partial charge on any atom is 0.295 e. The van der Waals surface area contributed by atoms with Gasteiger partial charge in [0, 0.05) is 11.7 Å². The van der Waals surface area contributed by atoms with Crippen LogP contribution in [-0.4, -0.2) is 17.1 Å². The van der Waals surface area contributed by atoms with Gasteiger partial charge in [0.1, 0.15) is 0 Å². The number of hydrogen-bond donors (Lipinski definition) is 3. The largest absolute Gasteiger partial charge is 0.489 e. The minimum absolute atomic E-state index is 0.128. The number of para-hydroxylation sites is 1. The molecule has 0 aliphatic rings. The van der Waals surface area contributed by atoms with Gasteiger partial charge in [-0.1, -0.05) is 18.2 Å². The van der Waals surface area contributed by atoms with Gasteiger partial charge in [-0.25, -0.2) is 4.98 Å². The first-order valence-corrected chi connectivity index (χ1v) is 5.86. The van der Waals surface area contributed by atoms with E-state index in [1.165, 1.54) is 13.4 Å².